The number of benzene rings is 2. The van der Waals surface area contributed by atoms with Gasteiger partial charge in [0.25, 0.3) is 0 Å². The molecule has 4 aromatic rings. The Balaban J connectivity index is 1.01. The SMILES string of the molecule is O=C(CCCCCCC(=O)NCCc1c[nH]c2ccccc12)NCCc1c[nH]c2ccccc12. The molecule has 4 rings (SSSR count). The Morgan fingerprint density at radius 3 is 1.53 bits per heavy atom. The van der Waals surface area contributed by atoms with Crippen LogP contribution in [0.3, 0.4) is 0 Å². The Morgan fingerprint density at radius 1 is 0.618 bits per heavy atom. The predicted octanol–water partition coefficient (Wildman–Crippen LogP) is 5.01. The first kappa shape index (κ1) is 23.6. The molecular weight excluding hydrogens is 424 g/mol. The first-order valence-corrected chi connectivity index (χ1v) is 12.3. The van der Waals surface area contributed by atoms with E-state index in [0.717, 1.165) is 49.6 Å². The third kappa shape index (κ3) is 6.50. The number of aromatic amines is 2. The van der Waals surface area contributed by atoms with Crippen LogP contribution in [0.15, 0.2) is 60.9 Å². The average Bonchev–Trinajstić information content (AvgIpc) is 3.46. The van der Waals surface area contributed by atoms with Gasteiger partial charge in [0, 0.05) is 60.1 Å². The van der Waals surface area contributed by atoms with E-state index in [4.69, 9.17) is 0 Å². The second-order valence-electron chi connectivity index (χ2n) is 8.83. The molecule has 0 aliphatic heterocycles. The van der Waals surface area contributed by atoms with Crippen LogP contribution >= 0.6 is 0 Å². The maximum Gasteiger partial charge on any atom is 0.220 e. The molecule has 0 radical (unpaired) electrons. The molecule has 0 bridgehead atoms. The number of hydrogen-bond acceptors (Lipinski definition) is 2. The van der Waals surface area contributed by atoms with E-state index in [2.05, 4.69) is 44.9 Å². The van der Waals surface area contributed by atoms with E-state index in [1.54, 1.807) is 0 Å². The van der Waals surface area contributed by atoms with E-state index in [0.29, 0.717) is 25.9 Å². The standard InChI is InChI=1S/C28H34N4O2/c33-27(29-17-15-21-19-31-25-11-7-5-9-23(21)25)13-3-1-2-4-14-28(34)30-18-16-22-20-32-26-12-8-6-10-24(22)26/h5-12,19-20,31-32H,1-4,13-18H2,(H,29,33)(H,30,34). The second-order valence-corrected chi connectivity index (χ2v) is 8.83. The molecule has 6 nitrogen and oxygen atoms in total. The summed E-state index contributed by atoms with van der Waals surface area (Å²) < 4.78 is 0. The molecule has 34 heavy (non-hydrogen) atoms. The van der Waals surface area contributed by atoms with Crippen molar-refractivity contribution in [2.45, 2.75) is 51.4 Å². The van der Waals surface area contributed by atoms with Gasteiger partial charge in [-0.25, -0.2) is 0 Å². The van der Waals surface area contributed by atoms with Crippen molar-refractivity contribution in [1.29, 1.82) is 0 Å². The van der Waals surface area contributed by atoms with E-state index in [1.165, 1.54) is 21.9 Å². The molecule has 0 saturated carbocycles. The summed E-state index contributed by atoms with van der Waals surface area (Å²) in [6.45, 7) is 1.30. The summed E-state index contributed by atoms with van der Waals surface area (Å²) in [7, 11) is 0. The summed E-state index contributed by atoms with van der Waals surface area (Å²) in [5.74, 6) is 0.213. The van der Waals surface area contributed by atoms with Crippen LogP contribution < -0.4 is 10.6 Å². The van der Waals surface area contributed by atoms with Gasteiger partial charge in [-0.05, 0) is 48.9 Å². The van der Waals surface area contributed by atoms with E-state index in [9.17, 15) is 9.59 Å². The summed E-state index contributed by atoms with van der Waals surface area (Å²) in [5, 5.41) is 8.48. The lowest BCUT2D eigenvalue weighted by Crippen LogP contribution is -2.25. The maximum absolute atomic E-state index is 12.1. The second kappa shape index (κ2) is 12.1. The molecule has 2 aromatic carbocycles. The van der Waals surface area contributed by atoms with Gasteiger partial charge in [-0.1, -0.05) is 49.2 Å². The lowest BCUT2D eigenvalue weighted by Gasteiger charge is -2.06. The molecule has 2 heterocycles. The smallest absolute Gasteiger partial charge is 0.220 e. The third-order valence-electron chi connectivity index (χ3n) is 6.34. The highest BCUT2D eigenvalue weighted by molar-refractivity contribution is 5.84. The van der Waals surface area contributed by atoms with Gasteiger partial charge in [-0.3, -0.25) is 9.59 Å². The molecule has 2 amide bonds. The van der Waals surface area contributed by atoms with Crippen LogP contribution in [0.1, 0.15) is 49.7 Å². The number of H-pyrrole nitrogens is 2. The van der Waals surface area contributed by atoms with E-state index >= 15 is 0 Å². The fourth-order valence-corrected chi connectivity index (χ4v) is 4.45. The number of unbranched alkanes of at least 4 members (excludes halogenated alkanes) is 3. The molecular formula is C28H34N4O2. The lowest BCUT2D eigenvalue weighted by atomic mass is 10.1. The third-order valence-corrected chi connectivity index (χ3v) is 6.34. The van der Waals surface area contributed by atoms with Gasteiger partial charge >= 0.3 is 0 Å². The van der Waals surface area contributed by atoms with Crippen molar-refractivity contribution < 1.29 is 9.59 Å². The molecule has 0 unspecified atom stereocenters. The summed E-state index contributed by atoms with van der Waals surface area (Å²) in [4.78, 5) is 30.7. The Bertz CT molecular complexity index is 1130. The van der Waals surface area contributed by atoms with Crippen molar-refractivity contribution in [2.24, 2.45) is 0 Å². The van der Waals surface area contributed by atoms with E-state index in [-0.39, 0.29) is 11.8 Å². The minimum Gasteiger partial charge on any atom is -0.361 e. The number of hydrogen-bond donors (Lipinski definition) is 4. The lowest BCUT2D eigenvalue weighted by molar-refractivity contribution is -0.122. The molecule has 0 atom stereocenters. The highest BCUT2D eigenvalue weighted by Crippen LogP contribution is 2.18. The van der Waals surface area contributed by atoms with Crippen molar-refractivity contribution in [3.8, 4) is 0 Å². The molecule has 0 fully saturated rings. The molecule has 4 N–H and O–H groups in total. The number of carbonyl (C=O) groups excluding carboxylic acids is 2. The fraction of sp³-hybridized carbons (Fsp3) is 0.357. The van der Waals surface area contributed by atoms with Crippen LogP contribution in [-0.4, -0.2) is 34.9 Å². The van der Waals surface area contributed by atoms with Crippen LogP contribution in [0.2, 0.25) is 0 Å². The number of amides is 2. The zero-order valence-electron chi connectivity index (χ0n) is 19.7. The minimum absolute atomic E-state index is 0.106. The van der Waals surface area contributed by atoms with E-state index in [1.807, 2.05) is 36.7 Å². The Morgan fingerprint density at radius 2 is 1.06 bits per heavy atom. The topological polar surface area (TPSA) is 89.8 Å². The highest BCUT2D eigenvalue weighted by atomic mass is 16.2. The van der Waals surface area contributed by atoms with Gasteiger partial charge in [0.1, 0.15) is 0 Å². The predicted molar refractivity (Wildman–Crippen MR) is 138 cm³/mol. The first-order chi connectivity index (χ1) is 16.7. The number of rotatable bonds is 13. The minimum atomic E-state index is 0.106. The molecule has 2 aromatic heterocycles. The number of aromatic nitrogens is 2. The molecule has 0 aliphatic rings. The Labute approximate surface area is 200 Å². The van der Waals surface area contributed by atoms with Gasteiger partial charge in [0.2, 0.25) is 11.8 Å². The zero-order valence-corrected chi connectivity index (χ0v) is 19.7. The van der Waals surface area contributed by atoms with Crippen LogP contribution in [0.5, 0.6) is 0 Å². The normalized spacial score (nSPS) is 11.2. The number of carbonyl (C=O) groups is 2. The monoisotopic (exact) mass is 458 g/mol. The van der Waals surface area contributed by atoms with E-state index < -0.39 is 0 Å². The van der Waals surface area contributed by atoms with Gasteiger partial charge in [0.05, 0.1) is 0 Å². The summed E-state index contributed by atoms with van der Waals surface area (Å²) in [5.41, 5.74) is 4.73. The molecule has 178 valence electrons. The summed E-state index contributed by atoms with van der Waals surface area (Å²) >= 11 is 0. The van der Waals surface area contributed by atoms with Crippen molar-refractivity contribution in [1.82, 2.24) is 20.6 Å². The number of nitrogens with one attached hydrogen (secondary N) is 4. The van der Waals surface area contributed by atoms with Gasteiger partial charge in [-0.2, -0.15) is 0 Å². The van der Waals surface area contributed by atoms with Gasteiger partial charge in [0.15, 0.2) is 0 Å². The van der Waals surface area contributed by atoms with Gasteiger partial charge in [-0.15, -0.1) is 0 Å². The van der Waals surface area contributed by atoms with Crippen LogP contribution in [-0.2, 0) is 22.4 Å². The fourth-order valence-electron chi connectivity index (χ4n) is 4.45. The van der Waals surface area contributed by atoms with Crippen LogP contribution in [0, 0.1) is 0 Å². The maximum atomic E-state index is 12.1. The largest absolute Gasteiger partial charge is 0.361 e. The summed E-state index contributed by atoms with van der Waals surface area (Å²) in [6, 6.07) is 16.4. The molecule has 0 spiro atoms. The average molecular weight is 459 g/mol. The van der Waals surface area contributed by atoms with Gasteiger partial charge < -0.3 is 20.6 Å². The zero-order chi connectivity index (χ0) is 23.6. The Kier molecular flexibility index (Phi) is 8.38. The highest BCUT2D eigenvalue weighted by Gasteiger charge is 2.06. The molecule has 0 aliphatic carbocycles. The quantitative estimate of drug-likeness (QED) is 0.212. The van der Waals surface area contributed by atoms with Crippen molar-refractivity contribution in [3.63, 3.8) is 0 Å². The van der Waals surface area contributed by atoms with Crippen molar-refractivity contribution in [3.05, 3.63) is 72.1 Å². The number of fused-ring (bicyclic) bond motifs is 2. The molecule has 0 saturated heterocycles. The van der Waals surface area contributed by atoms with Crippen molar-refractivity contribution in [2.75, 3.05) is 13.1 Å². The van der Waals surface area contributed by atoms with Crippen LogP contribution in [0.4, 0.5) is 0 Å². The first-order valence-electron chi connectivity index (χ1n) is 12.3. The van der Waals surface area contributed by atoms with Crippen molar-refractivity contribution >= 4 is 33.6 Å². The molecule has 6 heteroatoms. The van der Waals surface area contributed by atoms with Crippen LogP contribution in [0.25, 0.3) is 21.8 Å². The summed E-state index contributed by atoms with van der Waals surface area (Å²) in [6.07, 6.45) is 10.5. The Hall–Kier alpha value is -3.54. The number of para-hydroxylation sites is 2.